The molecule has 0 aliphatic heterocycles. The van der Waals surface area contributed by atoms with Crippen LogP contribution >= 0.6 is 0 Å². The van der Waals surface area contributed by atoms with E-state index < -0.39 is 23.9 Å². The molecule has 0 bridgehead atoms. The van der Waals surface area contributed by atoms with Gasteiger partial charge in [0.05, 0.1) is 0 Å². The standard InChI is InChI=1S/C21H18FN3O3/c1-14(23)19(21(27)25-28)24-20(26)17-10-6-15(7-11-17)4-2-3-5-16-8-12-18(22)13-9-16/h6-14,19,28H,23H2,1H3,(H,24,26)(H,25,27)/t14-,19+/m1/s1. The highest BCUT2D eigenvalue weighted by molar-refractivity contribution is 5.97. The fourth-order valence-corrected chi connectivity index (χ4v) is 2.17. The first-order valence-electron chi connectivity index (χ1n) is 8.28. The number of carbonyl (C=O) groups excluding carboxylic acids is 2. The lowest BCUT2D eigenvalue weighted by atomic mass is 10.1. The fraction of sp³-hybridized carbons (Fsp3) is 0.143. The SMILES string of the molecule is C[C@@H](N)[C@H](NC(=O)c1ccc(C#CC#Cc2ccc(F)cc2)cc1)C(=O)NO. The number of benzene rings is 2. The number of nitrogens with one attached hydrogen (secondary N) is 2. The highest BCUT2D eigenvalue weighted by Gasteiger charge is 2.24. The van der Waals surface area contributed by atoms with Crippen molar-refractivity contribution >= 4 is 11.8 Å². The van der Waals surface area contributed by atoms with E-state index in [-0.39, 0.29) is 5.82 Å². The van der Waals surface area contributed by atoms with Crippen molar-refractivity contribution in [3.63, 3.8) is 0 Å². The molecule has 28 heavy (non-hydrogen) atoms. The Bertz CT molecular complexity index is 962. The predicted octanol–water partition coefficient (Wildman–Crippen LogP) is 1.18. The largest absolute Gasteiger partial charge is 0.339 e. The minimum absolute atomic E-state index is 0.305. The van der Waals surface area contributed by atoms with Gasteiger partial charge in [-0.15, -0.1) is 0 Å². The van der Waals surface area contributed by atoms with Gasteiger partial charge in [-0.3, -0.25) is 14.8 Å². The third-order valence-electron chi connectivity index (χ3n) is 3.67. The highest BCUT2D eigenvalue weighted by atomic mass is 19.1. The zero-order valence-corrected chi connectivity index (χ0v) is 15.0. The Balaban J connectivity index is 2.03. The van der Waals surface area contributed by atoms with Gasteiger partial charge in [0, 0.05) is 22.7 Å². The Kier molecular flexibility index (Phi) is 7.29. The Labute approximate surface area is 161 Å². The van der Waals surface area contributed by atoms with E-state index in [2.05, 4.69) is 29.0 Å². The van der Waals surface area contributed by atoms with Crippen LogP contribution in [0.2, 0.25) is 0 Å². The van der Waals surface area contributed by atoms with Crippen molar-refractivity contribution in [1.29, 1.82) is 0 Å². The number of carbonyl (C=O) groups is 2. The second-order valence-corrected chi connectivity index (χ2v) is 5.87. The third-order valence-corrected chi connectivity index (χ3v) is 3.67. The fourth-order valence-electron chi connectivity index (χ4n) is 2.17. The lowest BCUT2D eigenvalue weighted by Crippen LogP contribution is -2.54. The van der Waals surface area contributed by atoms with Gasteiger partial charge < -0.3 is 11.1 Å². The number of halogens is 1. The third kappa shape index (κ3) is 5.96. The monoisotopic (exact) mass is 379 g/mol. The van der Waals surface area contributed by atoms with Crippen LogP contribution in [0.3, 0.4) is 0 Å². The van der Waals surface area contributed by atoms with Crippen LogP contribution in [0.25, 0.3) is 0 Å². The first-order valence-corrected chi connectivity index (χ1v) is 8.28. The number of hydroxylamine groups is 1. The molecule has 0 heterocycles. The highest BCUT2D eigenvalue weighted by Crippen LogP contribution is 2.05. The van der Waals surface area contributed by atoms with Crippen molar-refractivity contribution in [3.05, 3.63) is 71.0 Å². The maximum absolute atomic E-state index is 12.8. The molecule has 142 valence electrons. The summed E-state index contributed by atoms with van der Waals surface area (Å²) in [7, 11) is 0. The lowest BCUT2D eigenvalue weighted by molar-refractivity contribution is -0.131. The number of amides is 2. The van der Waals surface area contributed by atoms with Crippen LogP contribution < -0.4 is 16.5 Å². The smallest absolute Gasteiger partial charge is 0.267 e. The zero-order valence-electron chi connectivity index (χ0n) is 15.0. The molecule has 2 amide bonds. The van der Waals surface area contributed by atoms with Crippen molar-refractivity contribution in [1.82, 2.24) is 10.8 Å². The van der Waals surface area contributed by atoms with E-state index in [4.69, 9.17) is 10.9 Å². The van der Waals surface area contributed by atoms with Gasteiger partial charge in [-0.05, 0) is 67.3 Å². The molecule has 2 atom stereocenters. The van der Waals surface area contributed by atoms with Gasteiger partial charge in [0.2, 0.25) is 0 Å². The van der Waals surface area contributed by atoms with Crippen molar-refractivity contribution in [3.8, 4) is 23.7 Å². The topological polar surface area (TPSA) is 104 Å². The average molecular weight is 379 g/mol. The molecule has 0 spiro atoms. The second-order valence-electron chi connectivity index (χ2n) is 5.87. The van der Waals surface area contributed by atoms with E-state index in [0.717, 1.165) is 0 Å². The first-order chi connectivity index (χ1) is 13.4. The minimum Gasteiger partial charge on any atom is -0.339 e. The second kappa shape index (κ2) is 9.89. The van der Waals surface area contributed by atoms with Gasteiger partial charge in [-0.1, -0.05) is 11.8 Å². The molecule has 2 rings (SSSR count). The summed E-state index contributed by atoms with van der Waals surface area (Å²) in [6.45, 7) is 1.53. The molecule has 2 aromatic rings. The lowest BCUT2D eigenvalue weighted by Gasteiger charge is -2.19. The summed E-state index contributed by atoms with van der Waals surface area (Å²) in [5.74, 6) is 9.34. The van der Waals surface area contributed by atoms with Crippen LogP contribution in [0.1, 0.15) is 28.4 Å². The predicted molar refractivity (Wildman–Crippen MR) is 101 cm³/mol. The number of nitrogens with two attached hydrogens (primary N) is 1. The van der Waals surface area contributed by atoms with Crippen LogP contribution in [0.5, 0.6) is 0 Å². The first kappa shape index (κ1) is 20.7. The zero-order chi connectivity index (χ0) is 20.5. The molecular weight excluding hydrogens is 361 g/mol. The van der Waals surface area contributed by atoms with Crippen molar-refractivity contribution < 1.29 is 19.2 Å². The van der Waals surface area contributed by atoms with Crippen LogP contribution in [0.15, 0.2) is 48.5 Å². The average Bonchev–Trinajstić information content (AvgIpc) is 2.70. The van der Waals surface area contributed by atoms with E-state index in [1.807, 2.05) is 0 Å². The molecule has 7 heteroatoms. The van der Waals surface area contributed by atoms with Crippen molar-refractivity contribution in [2.24, 2.45) is 5.73 Å². The van der Waals surface area contributed by atoms with E-state index in [1.165, 1.54) is 24.5 Å². The molecule has 0 fully saturated rings. The van der Waals surface area contributed by atoms with Gasteiger partial charge in [0.25, 0.3) is 11.8 Å². The number of rotatable bonds is 4. The van der Waals surface area contributed by atoms with Gasteiger partial charge >= 0.3 is 0 Å². The Hall–Kier alpha value is -3.65. The quantitative estimate of drug-likeness (QED) is 0.364. The van der Waals surface area contributed by atoms with Gasteiger partial charge in [-0.2, -0.15) is 0 Å². The molecule has 2 aromatic carbocycles. The van der Waals surface area contributed by atoms with Gasteiger partial charge in [0.15, 0.2) is 0 Å². The van der Waals surface area contributed by atoms with Crippen LogP contribution in [0, 0.1) is 29.5 Å². The number of hydrogen-bond acceptors (Lipinski definition) is 4. The van der Waals surface area contributed by atoms with E-state index >= 15 is 0 Å². The van der Waals surface area contributed by atoms with Crippen LogP contribution in [0.4, 0.5) is 4.39 Å². The molecule has 0 radical (unpaired) electrons. The van der Waals surface area contributed by atoms with E-state index in [9.17, 15) is 14.0 Å². The Morgan fingerprint density at radius 1 is 1.00 bits per heavy atom. The summed E-state index contributed by atoms with van der Waals surface area (Å²) in [4.78, 5) is 23.8. The summed E-state index contributed by atoms with van der Waals surface area (Å²) >= 11 is 0. The van der Waals surface area contributed by atoms with Gasteiger partial charge in [0.1, 0.15) is 11.9 Å². The van der Waals surface area contributed by atoms with Crippen molar-refractivity contribution in [2.75, 3.05) is 0 Å². The Morgan fingerprint density at radius 3 is 1.96 bits per heavy atom. The van der Waals surface area contributed by atoms with Gasteiger partial charge in [-0.25, -0.2) is 9.87 Å². The molecule has 0 saturated heterocycles. The summed E-state index contributed by atoms with van der Waals surface area (Å²) in [5.41, 5.74) is 8.71. The maximum Gasteiger partial charge on any atom is 0.267 e. The molecule has 0 aliphatic rings. The van der Waals surface area contributed by atoms with Crippen LogP contribution in [-0.4, -0.2) is 29.1 Å². The van der Waals surface area contributed by atoms with E-state index in [0.29, 0.717) is 16.7 Å². The summed E-state index contributed by atoms with van der Waals surface area (Å²) in [6, 6.07) is 10.4. The number of hydrogen-bond donors (Lipinski definition) is 4. The summed E-state index contributed by atoms with van der Waals surface area (Å²) in [6.07, 6.45) is 0. The minimum atomic E-state index is -1.07. The maximum atomic E-state index is 12.8. The molecule has 5 N–H and O–H groups in total. The Morgan fingerprint density at radius 2 is 1.50 bits per heavy atom. The van der Waals surface area contributed by atoms with Crippen LogP contribution in [-0.2, 0) is 4.79 Å². The molecular formula is C21H18FN3O3. The van der Waals surface area contributed by atoms with E-state index in [1.54, 1.807) is 36.4 Å². The molecule has 6 nitrogen and oxygen atoms in total. The molecule has 0 saturated carbocycles. The molecule has 0 unspecified atom stereocenters. The molecule has 0 aromatic heterocycles. The molecule has 0 aliphatic carbocycles. The summed E-state index contributed by atoms with van der Waals surface area (Å²) < 4.78 is 12.8. The summed E-state index contributed by atoms with van der Waals surface area (Å²) in [5, 5.41) is 11.2. The van der Waals surface area contributed by atoms with Crippen molar-refractivity contribution in [2.45, 2.75) is 19.0 Å². The normalized spacial score (nSPS) is 11.7.